The maximum Gasteiger partial charge on any atom is 0.411 e. The number of hydrogen-bond acceptors (Lipinski definition) is 3. The van der Waals surface area contributed by atoms with Gasteiger partial charge in [0.1, 0.15) is 17.8 Å². The Bertz CT molecular complexity index is 479. The van der Waals surface area contributed by atoms with Crippen molar-refractivity contribution in [2.45, 2.75) is 64.3 Å². The topological polar surface area (TPSA) is 49.9 Å². The minimum atomic E-state index is -1.15. The molecule has 2 amide bonds. The van der Waals surface area contributed by atoms with Gasteiger partial charge in [-0.1, -0.05) is 6.42 Å². The van der Waals surface area contributed by atoms with Crippen molar-refractivity contribution >= 4 is 12.0 Å². The molecule has 2 aliphatic heterocycles. The number of hydrogen-bond donors (Lipinski definition) is 0. The molecule has 0 aromatic carbocycles. The molecule has 4 atom stereocenters. The lowest BCUT2D eigenvalue weighted by Gasteiger charge is -2.30. The number of carbonyl (C=O) groups excluding carboxylic acids is 2. The molecule has 0 unspecified atom stereocenters. The fourth-order valence-electron chi connectivity index (χ4n) is 4.17. The highest BCUT2D eigenvalue weighted by atomic mass is 19.1. The first-order valence-corrected chi connectivity index (χ1v) is 8.67. The number of carbonyl (C=O) groups is 2. The Labute approximate surface area is 137 Å². The lowest BCUT2D eigenvalue weighted by molar-refractivity contribution is -0.135. The van der Waals surface area contributed by atoms with Gasteiger partial charge < -0.3 is 9.64 Å². The maximum absolute atomic E-state index is 13.9. The van der Waals surface area contributed by atoms with E-state index in [-0.39, 0.29) is 18.9 Å². The lowest BCUT2D eigenvalue weighted by Crippen LogP contribution is -2.48. The minimum absolute atomic E-state index is 0.0496. The molecule has 130 valence electrons. The summed E-state index contributed by atoms with van der Waals surface area (Å²) in [5.74, 6) is 1.08. The van der Waals surface area contributed by atoms with Crippen molar-refractivity contribution < 1.29 is 18.7 Å². The monoisotopic (exact) mass is 326 g/mol. The number of amides is 2. The van der Waals surface area contributed by atoms with Crippen LogP contribution in [-0.2, 0) is 9.53 Å². The van der Waals surface area contributed by atoms with Crippen LogP contribution in [0.4, 0.5) is 9.18 Å². The van der Waals surface area contributed by atoms with Crippen LogP contribution in [0, 0.1) is 11.8 Å². The number of ether oxygens (including phenoxy) is 1. The fraction of sp³-hybridized carbons (Fsp3) is 0.882. The van der Waals surface area contributed by atoms with Crippen LogP contribution in [0.1, 0.15) is 46.5 Å². The summed E-state index contributed by atoms with van der Waals surface area (Å²) in [6.07, 6.45) is 1.96. The number of rotatable bonds is 1. The van der Waals surface area contributed by atoms with E-state index in [1.54, 1.807) is 20.8 Å². The number of likely N-dealkylation sites (tertiary alicyclic amines) is 2. The molecule has 0 aromatic heterocycles. The Morgan fingerprint density at radius 2 is 1.70 bits per heavy atom. The van der Waals surface area contributed by atoms with Gasteiger partial charge in [-0.3, -0.25) is 9.69 Å². The Morgan fingerprint density at radius 1 is 1.09 bits per heavy atom. The number of halogens is 1. The van der Waals surface area contributed by atoms with Crippen LogP contribution in [0.25, 0.3) is 0 Å². The summed E-state index contributed by atoms with van der Waals surface area (Å²) in [4.78, 5) is 28.2. The van der Waals surface area contributed by atoms with Gasteiger partial charge in [0.15, 0.2) is 0 Å². The van der Waals surface area contributed by atoms with Crippen molar-refractivity contribution in [2.24, 2.45) is 11.8 Å². The molecule has 1 saturated carbocycles. The van der Waals surface area contributed by atoms with E-state index in [0.717, 1.165) is 13.1 Å². The van der Waals surface area contributed by atoms with Crippen LogP contribution >= 0.6 is 0 Å². The second-order valence-electron chi connectivity index (χ2n) is 8.18. The zero-order chi connectivity index (χ0) is 16.8. The Morgan fingerprint density at radius 3 is 2.26 bits per heavy atom. The molecule has 2 heterocycles. The zero-order valence-electron chi connectivity index (χ0n) is 14.3. The first kappa shape index (κ1) is 16.5. The second-order valence-corrected chi connectivity index (χ2v) is 8.18. The predicted octanol–water partition coefficient (Wildman–Crippen LogP) is 2.59. The van der Waals surface area contributed by atoms with Gasteiger partial charge in [-0.15, -0.1) is 0 Å². The Hall–Kier alpha value is -1.33. The summed E-state index contributed by atoms with van der Waals surface area (Å²) in [7, 11) is 0. The van der Waals surface area contributed by atoms with Crippen molar-refractivity contribution in [1.82, 2.24) is 9.80 Å². The first-order valence-electron chi connectivity index (χ1n) is 8.67. The third-order valence-corrected chi connectivity index (χ3v) is 5.20. The smallest absolute Gasteiger partial charge is 0.411 e. The molecule has 0 spiro atoms. The highest BCUT2D eigenvalue weighted by molar-refractivity contribution is 5.86. The highest BCUT2D eigenvalue weighted by Gasteiger charge is 2.46. The number of alkyl halides is 1. The van der Waals surface area contributed by atoms with Crippen molar-refractivity contribution in [3.05, 3.63) is 0 Å². The van der Waals surface area contributed by atoms with E-state index in [9.17, 15) is 14.0 Å². The summed E-state index contributed by atoms with van der Waals surface area (Å²) in [5.41, 5.74) is -0.649. The molecular formula is C17H27FN2O3. The molecule has 5 nitrogen and oxygen atoms in total. The van der Waals surface area contributed by atoms with Gasteiger partial charge in [0, 0.05) is 19.5 Å². The van der Waals surface area contributed by atoms with Gasteiger partial charge in [-0.05, 0) is 45.4 Å². The van der Waals surface area contributed by atoms with Gasteiger partial charge in [0.25, 0.3) is 0 Å². The lowest BCUT2D eigenvalue weighted by atomic mass is 10.0. The van der Waals surface area contributed by atoms with E-state index >= 15 is 0 Å². The van der Waals surface area contributed by atoms with Crippen LogP contribution in [-0.4, -0.2) is 59.2 Å². The molecular weight excluding hydrogens is 299 g/mol. The third kappa shape index (κ3) is 3.45. The van der Waals surface area contributed by atoms with Gasteiger partial charge >= 0.3 is 6.09 Å². The van der Waals surface area contributed by atoms with E-state index in [4.69, 9.17) is 4.74 Å². The third-order valence-electron chi connectivity index (χ3n) is 5.20. The van der Waals surface area contributed by atoms with Crippen LogP contribution in [0.3, 0.4) is 0 Å². The first-order chi connectivity index (χ1) is 10.7. The summed E-state index contributed by atoms with van der Waals surface area (Å²) < 4.78 is 19.2. The van der Waals surface area contributed by atoms with Crippen LogP contribution < -0.4 is 0 Å². The molecule has 2 saturated heterocycles. The predicted molar refractivity (Wildman–Crippen MR) is 83.7 cm³/mol. The molecule has 3 rings (SSSR count). The molecule has 6 heteroatoms. The zero-order valence-corrected chi connectivity index (χ0v) is 14.3. The summed E-state index contributed by atoms with van der Waals surface area (Å²) >= 11 is 0. The van der Waals surface area contributed by atoms with Crippen molar-refractivity contribution in [1.29, 1.82) is 0 Å². The summed E-state index contributed by atoms with van der Waals surface area (Å²) in [6.45, 7) is 6.79. The van der Waals surface area contributed by atoms with E-state index < -0.39 is 23.9 Å². The van der Waals surface area contributed by atoms with E-state index in [1.807, 2.05) is 4.90 Å². The van der Waals surface area contributed by atoms with Crippen molar-refractivity contribution in [3.63, 3.8) is 0 Å². The number of nitrogens with zero attached hydrogens (tertiary/aromatic N) is 2. The average molecular weight is 326 g/mol. The van der Waals surface area contributed by atoms with Crippen molar-refractivity contribution in [2.75, 3.05) is 19.6 Å². The molecule has 1 aliphatic carbocycles. The van der Waals surface area contributed by atoms with Gasteiger partial charge in [-0.2, -0.15) is 0 Å². The van der Waals surface area contributed by atoms with Gasteiger partial charge in [-0.25, -0.2) is 9.18 Å². The van der Waals surface area contributed by atoms with Crippen molar-refractivity contribution in [3.8, 4) is 0 Å². The molecule has 0 N–H and O–H groups in total. The number of fused-ring (bicyclic) bond motifs is 1. The highest BCUT2D eigenvalue weighted by Crippen LogP contribution is 2.38. The molecule has 0 radical (unpaired) electrons. The van der Waals surface area contributed by atoms with Crippen LogP contribution in [0.5, 0.6) is 0 Å². The molecule has 23 heavy (non-hydrogen) atoms. The van der Waals surface area contributed by atoms with E-state index in [1.165, 1.54) is 24.2 Å². The van der Waals surface area contributed by atoms with Crippen LogP contribution in [0.2, 0.25) is 0 Å². The quantitative estimate of drug-likeness (QED) is 0.744. The summed E-state index contributed by atoms with van der Waals surface area (Å²) in [6, 6.07) is -0.710. The van der Waals surface area contributed by atoms with Gasteiger partial charge in [0.2, 0.25) is 5.91 Å². The SMILES string of the molecule is CC(C)(C)OC(=O)N1C[C@@H](F)C[C@@H]1C(=O)N1C[C@H]2CCC[C@H]2C1. The molecule has 3 aliphatic rings. The summed E-state index contributed by atoms with van der Waals surface area (Å²) in [5, 5.41) is 0. The Kier molecular flexibility index (Phi) is 4.27. The standard InChI is InChI=1S/C17H27FN2O3/c1-17(2,3)23-16(22)20-10-13(18)7-14(20)15(21)19-8-11-5-4-6-12(11)9-19/h11-14H,4-10H2,1-3H3/t11-,12+,13-,14+/m0/s1. The maximum atomic E-state index is 13.9. The largest absolute Gasteiger partial charge is 0.444 e. The molecule has 0 aromatic rings. The van der Waals surface area contributed by atoms with E-state index in [2.05, 4.69) is 0 Å². The average Bonchev–Trinajstić information content (AvgIpc) is 3.08. The minimum Gasteiger partial charge on any atom is -0.444 e. The molecule has 3 fully saturated rings. The van der Waals surface area contributed by atoms with Gasteiger partial charge in [0.05, 0.1) is 6.54 Å². The van der Waals surface area contributed by atoms with Crippen LogP contribution in [0.15, 0.2) is 0 Å². The van der Waals surface area contributed by atoms with E-state index in [0.29, 0.717) is 11.8 Å². The molecule has 0 bridgehead atoms. The second kappa shape index (κ2) is 5.95. The normalized spacial score (nSPS) is 33.9. The Balaban J connectivity index is 1.67. The fourth-order valence-corrected chi connectivity index (χ4v) is 4.17.